The molecule has 2 fully saturated rings. The molecule has 180 valence electrons. The average Bonchev–Trinajstić information content (AvgIpc) is 3.43. The van der Waals surface area contributed by atoms with Crippen molar-refractivity contribution in [2.75, 3.05) is 42.5 Å². The second kappa shape index (κ2) is 9.24. The summed E-state index contributed by atoms with van der Waals surface area (Å²) < 4.78 is 0. The molecule has 0 N–H and O–H groups in total. The number of benzene rings is 1. The van der Waals surface area contributed by atoms with Crippen LogP contribution in [0, 0.1) is 0 Å². The van der Waals surface area contributed by atoms with Gasteiger partial charge in [0.2, 0.25) is 11.9 Å². The van der Waals surface area contributed by atoms with Gasteiger partial charge in [-0.15, -0.1) is 0 Å². The van der Waals surface area contributed by atoms with E-state index in [1.807, 2.05) is 23.6 Å². The Hall–Kier alpha value is -3.16. The molecule has 0 unspecified atom stereocenters. The largest absolute Gasteiger partial charge is 0.353 e. The molecule has 2 saturated heterocycles. The van der Waals surface area contributed by atoms with Crippen molar-refractivity contribution in [3.8, 4) is 0 Å². The Kier molecular flexibility index (Phi) is 6.15. The van der Waals surface area contributed by atoms with E-state index in [2.05, 4.69) is 40.1 Å². The van der Waals surface area contributed by atoms with Crippen LogP contribution < -0.4 is 9.80 Å². The standard InChI is InChI=1S/C26H34N6O2/c1-18(2)32-17-22-23(25(32)34)27-26(30-14-12-29(13-15-30)19(3)33)28-24(22)31-11-7-10-21(31)16-20-8-5-4-6-9-20/h4-6,8-9,18,21H,7,10-17H2,1-3H3/t21-/m0/s1. The molecule has 8 nitrogen and oxygen atoms in total. The molecule has 2 amide bonds. The molecular formula is C26H34N6O2. The topological polar surface area (TPSA) is 72.9 Å². The van der Waals surface area contributed by atoms with Crippen molar-refractivity contribution in [3.63, 3.8) is 0 Å². The van der Waals surface area contributed by atoms with Crippen LogP contribution in [-0.2, 0) is 17.8 Å². The van der Waals surface area contributed by atoms with Crippen LogP contribution in [0.15, 0.2) is 30.3 Å². The van der Waals surface area contributed by atoms with E-state index in [0.29, 0.717) is 50.4 Å². The normalized spacial score (nSPS) is 20.5. The second-order valence-electron chi connectivity index (χ2n) is 9.87. The zero-order valence-corrected chi connectivity index (χ0v) is 20.4. The Morgan fingerprint density at radius 3 is 2.47 bits per heavy atom. The number of fused-ring (bicyclic) bond motifs is 1. The molecule has 2 aromatic rings. The lowest BCUT2D eigenvalue weighted by Crippen LogP contribution is -2.48. The van der Waals surface area contributed by atoms with Crippen LogP contribution in [0.25, 0.3) is 0 Å². The van der Waals surface area contributed by atoms with Crippen molar-refractivity contribution >= 4 is 23.6 Å². The van der Waals surface area contributed by atoms with Crippen molar-refractivity contribution in [1.29, 1.82) is 0 Å². The fourth-order valence-corrected chi connectivity index (χ4v) is 5.39. The highest BCUT2D eigenvalue weighted by molar-refractivity contribution is 5.98. The van der Waals surface area contributed by atoms with E-state index in [0.717, 1.165) is 37.2 Å². The Labute approximate surface area is 201 Å². The number of piperazine rings is 1. The minimum Gasteiger partial charge on any atom is -0.353 e. The van der Waals surface area contributed by atoms with Crippen LogP contribution >= 0.6 is 0 Å². The molecule has 3 aliphatic rings. The molecule has 0 spiro atoms. The van der Waals surface area contributed by atoms with E-state index in [9.17, 15) is 9.59 Å². The van der Waals surface area contributed by atoms with Gasteiger partial charge in [-0.25, -0.2) is 4.98 Å². The first-order valence-electron chi connectivity index (χ1n) is 12.4. The summed E-state index contributed by atoms with van der Waals surface area (Å²) in [5, 5.41) is 0. The van der Waals surface area contributed by atoms with Gasteiger partial charge in [-0.05, 0) is 38.7 Å². The lowest BCUT2D eigenvalue weighted by atomic mass is 10.0. The molecule has 5 rings (SSSR count). The first-order valence-corrected chi connectivity index (χ1v) is 12.4. The third-order valence-electron chi connectivity index (χ3n) is 7.36. The highest BCUT2D eigenvalue weighted by Gasteiger charge is 2.38. The zero-order chi connectivity index (χ0) is 23.8. The van der Waals surface area contributed by atoms with Crippen LogP contribution in [0.4, 0.5) is 11.8 Å². The lowest BCUT2D eigenvalue weighted by molar-refractivity contribution is -0.129. The van der Waals surface area contributed by atoms with Gasteiger partial charge in [0.05, 0.1) is 6.54 Å². The molecule has 8 heteroatoms. The predicted octanol–water partition coefficient (Wildman–Crippen LogP) is 2.72. The quantitative estimate of drug-likeness (QED) is 0.680. The summed E-state index contributed by atoms with van der Waals surface area (Å²) >= 11 is 0. The van der Waals surface area contributed by atoms with Crippen molar-refractivity contribution < 1.29 is 9.59 Å². The summed E-state index contributed by atoms with van der Waals surface area (Å²) in [5.41, 5.74) is 2.84. The fourth-order valence-electron chi connectivity index (χ4n) is 5.39. The van der Waals surface area contributed by atoms with Crippen LogP contribution in [0.2, 0.25) is 0 Å². The Morgan fingerprint density at radius 2 is 1.79 bits per heavy atom. The van der Waals surface area contributed by atoms with Crippen molar-refractivity contribution in [2.45, 2.75) is 58.7 Å². The van der Waals surface area contributed by atoms with Gasteiger partial charge in [-0.2, -0.15) is 4.98 Å². The fraction of sp³-hybridized carbons (Fsp3) is 0.538. The van der Waals surface area contributed by atoms with Gasteiger partial charge in [0, 0.05) is 57.3 Å². The first-order chi connectivity index (χ1) is 16.4. The van der Waals surface area contributed by atoms with E-state index in [-0.39, 0.29) is 17.9 Å². The third-order valence-corrected chi connectivity index (χ3v) is 7.36. The van der Waals surface area contributed by atoms with Gasteiger partial charge < -0.3 is 19.6 Å². The number of nitrogens with zero attached hydrogens (tertiary/aromatic N) is 6. The van der Waals surface area contributed by atoms with Crippen LogP contribution in [0.1, 0.15) is 55.2 Å². The highest BCUT2D eigenvalue weighted by Crippen LogP contribution is 2.36. The predicted molar refractivity (Wildman–Crippen MR) is 132 cm³/mol. The molecule has 0 radical (unpaired) electrons. The maximum Gasteiger partial charge on any atom is 0.273 e. The zero-order valence-electron chi connectivity index (χ0n) is 20.4. The number of carbonyl (C=O) groups excluding carboxylic acids is 2. The van der Waals surface area contributed by atoms with Gasteiger partial charge >= 0.3 is 0 Å². The van der Waals surface area contributed by atoms with Crippen molar-refractivity contribution in [1.82, 2.24) is 19.8 Å². The summed E-state index contributed by atoms with van der Waals surface area (Å²) in [5.74, 6) is 1.63. The molecule has 0 saturated carbocycles. The summed E-state index contributed by atoms with van der Waals surface area (Å²) in [7, 11) is 0. The Bertz CT molecular complexity index is 1060. The monoisotopic (exact) mass is 462 g/mol. The third kappa shape index (κ3) is 4.21. The molecule has 3 aliphatic heterocycles. The maximum absolute atomic E-state index is 13.3. The van der Waals surface area contributed by atoms with Crippen molar-refractivity contribution in [3.05, 3.63) is 47.2 Å². The number of anilines is 2. The van der Waals surface area contributed by atoms with Gasteiger partial charge in [-0.1, -0.05) is 30.3 Å². The average molecular weight is 463 g/mol. The Balaban J connectivity index is 1.49. The minimum absolute atomic E-state index is 0.00363. The molecule has 4 heterocycles. The van der Waals surface area contributed by atoms with Gasteiger partial charge in [0.1, 0.15) is 11.5 Å². The SMILES string of the molecule is CC(=O)N1CCN(c2nc3c(c(N4CCC[C@H]4Cc4ccccc4)n2)CN(C(C)C)C3=O)CC1. The van der Waals surface area contributed by atoms with E-state index in [4.69, 9.17) is 9.97 Å². The van der Waals surface area contributed by atoms with Crippen LogP contribution in [-0.4, -0.2) is 76.4 Å². The van der Waals surface area contributed by atoms with E-state index in [1.165, 1.54) is 5.56 Å². The van der Waals surface area contributed by atoms with E-state index < -0.39 is 0 Å². The molecule has 34 heavy (non-hydrogen) atoms. The van der Waals surface area contributed by atoms with E-state index in [1.54, 1.807) is 6.92 Å². The number of hydrogen-bond acceptors (Lipinski definition) is 6. The molecular weight excluding hydrogens is 428 g/mol. The highest BCUT2D eigenvalue weighted by atomic mass is 16.2. The molecule has 0 aliphatic carbocycles. The molecule has 1 atom stereocenters. The molecule has 0 bridgehead atoms. The molecule has 1 aromatic heterocycles. The number of hydrogen-bond donors (Lipinski definition) is 0. The number of rotatable bonds is 5. The van der Waals surface area contributed by atoms with Gasteiger partial charge in [-0.3, -0.25) is 9.59 Å². The van der Waals surface area contributed by atoms with Crippen LogP contribution in [0.5, 0.6) is 0 Å². The van der Waals surface area contributed by atoms with Gasteiger partial charge in [0.25, 0.3) is 5.91 Å². The smallest absolute Gasteiger partial charge is 0.273 e. The van der Waals surface area contributed by atoms with Crippen LogP contribution in [0.3, 0.4) is 0 Å². The second-order valence-corrected chi connectivity index (χ2v) is 9.87. The maximum atomic E-state index is 13.3. The Morgan fingerprint density at radius 1 is 1.06 bits per heavy atom. The summed E-state index contributed by atoms with van der Waals surface area (Å²) in [6, 6.07) is 11.1. The van der Waals surface area contributed by atoms with E-state index >= 15 is 0 Å². The number of carbonyl (C=O) groups is 2. The molecule has 1 aromatic carbocycles. The van der Waals surface area contributed by atoms with Gasteiger partial charge in [0.15, 0.2) is 0 Å². The number of aromatic nitrogens is 2. The summed E-state index contributed by atoms with van der Waals surface area (Å²) in [4.78, 5) is 43.2. The minimum atomic E-state index is -0.00363. The number of amides is 2. The summed E-state index contributed by atoms with van der Waals surface area (Å²) in [6.45, 7) is 9.86. The lowest BCUT2D eigenvalue weighted by Gasteiger charge is -2.35. The summed E-state index contributed by atoms with van der Waals surface area (Å²) in [6.07, 6.45) is 3.20. The first kappa shape index (κ1) is 22.6. The van der Waals surface area contributed by atoms with Crippen molar-refractivity contribution in [2.24, 2.45) is 0 Å².